The smallest absolute Gasteiger partial charge is 0.225 e. The molecule has 0 aliphatic carbocycles. The molecule has 126 valence electrons. The molecule has 0 bridgehead atoms. The number of anilines is 2. The number of halogens is 1. The minimum atomic E-state index is -0.159. The molecule has 0 radical (unpaired) electrons. The van der Waals surface area contributed by atoms with Gasteiger partial charge in [0, 0.05) is 33.4 Å². The summed E-state index contributed by atoms with van der Waals surface area (Å²) in [5.41, 5.74) is 8.18. The van der Waals surface area contributed by atoms with Gasteiger partial charge in [0.05, 0.1) is 5.69 Å². The van der Waals surface area contributed by atoms with Crippen LogP contribution in [0.4, 0.5) is 10.7 Å². The highest BCUT2D eigenvalue weighted by Crippen LogP contribution is 2.48. The fourth-order valence-corrected chi connectivity index (χ4v) is 5.12. The van der Waals surface area contributed by atoms with Crippen molar-refractivity contribution >= 4 is 56.7 Å². The van der Waals surface area contributed by atoms with E-state index in [1.54, 1.807) is 35.6 Å². The van der Waals surface area contributed by atoms with E-state index in [0.717, 1.165) is 10.4 Å². The number of fused-ring (bicyclic) bond motifs is 1. The average molecular weight is 389 g/mol. The van der Waals surface area contributed by atoms with Crippen molar-refractivity contribution in [3.05, 3.63) is 67.7 Å². The first kappa shape index (κ1) is 16.3. The highest BCUT2D eigenvalue weighted by molar-refractivity contribution is 7.19. The van der Waals surface area contributed by atoms with Gasteiger partial charge in [0.2, 0.25) is 11.7 Å². The molecular weight excluding hydrogens is 376 g/mol. The zero-order valence-corrected chi connectivity index (χ0v) is 15.3. The van der Waals surface area contributed by atoms with Crippen LogP contribution in [0, 0.1) is 0 Å². The molecule has 7 heteroatoms. The van der Waals surface area contributed by atoms with Crippen LogP contribution >= 0.6 is 34.3 Å². The molecule has 1 atom stereocenters. The van der Waals surface area contributed by atoms with E-state index < -0.39 is 0 Å². The molecule has 25 heavy (non-hydrogen) atoms. The van der Waals surface area contributed by atoms with Crippen molar-refractivity contribution < 1.29 is 9.59 Å². The van der Waals surface area contributed by atoms with Gasteiger partial charge in [-0.3, -0.25) is 9.59 Å². The lowest BCUT2D eigenvalue weighted by molar-refractivity contribution is -0.116. The molecule has 3 heterocycles. The summed E-state index contributed by atoms with van der Waals surface area (Å²) in [6.07, 6.45) is 0.336. The third-order valence-corrected chi connectivity index (χ3v) is 6.55. The Morgan fingerprint density at radius 2 is 2.00 bits per heavy atom. The number of rotatable bonds is 3. The summed E-state index contributed by atoms with van der Waals surface area (Å²) in [6, 6.07) is 10.7. The summed E-state index contributed by atoms with van der Waals surface area (Å²) in [5.74, 6) is -0.322. The maximum atomic E-state index is 12.8. The molecule has 0 saturated carbocycles. The minimum Gasteiger partial charge on any atom is -0.397 e. The molecule has 0 fully saturated rings. The van der Waals surface area contributed by atoms with Crippen LogP contribution in [0.1, 0.15) is 38.0 Å². The highest BCUT2D eigenvalue weighted by atomic mass is 35.5. The second-order valence-electron chi connectivity index (χ2n) is 5.74. The minimum absolute atomic E-state index is 0.0577. The van der Waals surface area contributed by atoms with Gasteiger partial charge in [0.15, 0.2) is 0 Å². The van der Waals surface area contributed by atoms with E-state index in [2.05, 4.69) is 5.32 Å². The monoisotopic (exact) mass is 388 g/mol. The molecule has 4 rings (SSSR count). The van der Waals surface area contributed by atoms with Gasteiger partial charge in [-0.15, -0.1) is 22.7 Å². The predicted octanol–water partition coefficient (Wildman–Crippen LogP) is 4.75. The van der Waals surface area contributed by atoms with Crippen LogP contribution in [0.3, 0.4) is 0 Å². The molecule has 3 N–H and O–H groups in total. The van der Waals surface area contributed by atoms with Gasteiger partial charge in [-0.05, 0) is 35.7 Å². The van der Waals surface area contributed by atoms with E-state index in [1.165, 1.54) is 11.3 Å². The molecule has 1 aromatic carbocycles. The summed E-state index contributed by atoms with van der Waals surface area (Å²) in [5, 5.41) is 6.08. The molecule has 1 aliphatic heterocycles. The lowest BCUT2D eigenvalue weighted by Gasteiger charge is -2.22. The summed E-state index contributed by atoms with van der Waals surface area (Å²) in [6.45, 7) is 0. The number of ketones is 1. The Morgan fingerprint density at radius 1 is 1.24 bits per heavy atom. The number of carbonyl (C=O) groups is 2. The van der Waals surface area contributed by atoms with Gasteiger partial charge in [-0.1, -0.05) is 17.7 Å². The van der Waals surface area contributed by atoms with Crippen LogP contribution < -0.4 is 11.1 Å². The maximum Gasteiger partial charge on any atom is 0.225 e. The fourth-order valence-electron chi connectivity index (χ4n) is 2.99. The number of carbonyl (C=O) groups excluding carboxylic acids is 2. The van der Waals surface area contributed by atoms with E-state index in [0.29, 0.717) is 32.6 Å². The third-order valence-electron chi connectivity index (χ3n) is 4.17. The van der Waals surface area contributed by atoms with Gasteiger partial charge in [-0.2, -0.15) is 0 Å². The van der Waals surface area contributed by atoms with Gasteiger partial charge >= 0.3 is 0 Å². The molecule has 4 nitrogen and oxygen atoms in total. The molecule has 0 unspecified atom stereocenters. The number of amides is 1. The first-order chi connectivity index (χ1) is 12.0. The first-order valence-electron chi connectivity index (χ1n) is 7.60. The fraction of sp³-hybridized carbons (Fsp3) is 0.111. The van der Waals surface area contributed by atoms with E-state index in [1.807, 2.05) is 17.5 Å². The molecule has 0 spiro atoms. The number of benzene rings is 1. The van der Waals surface area contributed by atoms with Gasteiger partial charge in [0.25, 0.3) is 0 Å². The SMILES string of the molecule is Nc1c(C(=O)c2ccc(Cl)cc2)sc2c1[C@H](c1cccs1)CC(=O)N2. The number of nitrogens with two attached hydrogens (primary N) is 1. The third kappa shape index (κ3) is 2.86. The topological polar surface area (TPSA) is 72.2 Å². The van der Waals surface area contributed by atoms with E-state index >= 15 is 0 Å². The van der Waals surface area contributed by atoms with Crippen molar-refractivity contribution in [3.63, 3.8) is 0 Å². The zero-order valence-electron chi connectivity index (χ0n) is 12.9. The summed E-state index contributed by atoms with van der Waals surface area (Å²) < 4.78 is 0. The Labute approximate surface area is 157 Å². The molecule has 2 aromatic heterocycles. The standard InChI is InChI=1S/C18H13ClN2O2S2/c19-10-5-3-9(4-6-10)16(23)17-15(20)14-11(12-2-1-7-24-12)8-13(22)21-18(14)25-17/h1-7,11H,8,20H2,(H,21,22)/t11-/m0/s1. The van der Waals surface area contributed by atoms with Crippen LogP contribution in [0.2, 0.25) is 5.02 Å². The van der Waals surface area contributed by atoms with Gasteiger partial charge in [0.1, 0.15) is 9.88 Å². The maximum absolute atomic E-state index is 12.8. The van der Waals surface area contributed by atoms with Crippen molar-refractivity contribution in [2.75, 3.05) is 11.1 Å². The molecule has 3 aromatic rings. The summed E-state index contributed by atoms with van der Waals surface area (Å²) in [4.78, 5) is 26.5. The molecule has 1 amide bonds. The van der Waals surface area contributed by atoms with Crippen LogP contribution in [0.15, 0.2) is 41.8 Å². The summed E-state index contributed by atoms with van der Waals surface area (Å²) in [7, 11) is 0. The molecular formula is C18H13ClN2O2S2. The number of thiophene rings is 2. The summed E-state index contributed by atoms with van der Waals surface area (Å²) >= 11 is 8.72. The van der Waals surface area contributed by atoms with E-state index in [9.17, 15) is 9.59 Å². The Morgan fingerprint density at radius 3 is 2.68 bits per heavy atom. The Kier molecular flexibility index (Phi) is 4.11. The quantitative estimate of drug-likeness (QED) is 0.636. The number of hydrogen-bond donors (Lipinski definition) is 2. The van der Waals surface area contributed by atoms with E-state index in [-0.39, 0.29) is 17.6 Å². The zero-order chi connectivity index (χ0) is 17.6. The molecule has 1 aliphatic rings. The first-order valence-corrected chi connectivity index (χ1v) is 9.67. The molecule has 0 saturated heterocycles. The van der Waals surface area contributed by atoms with Crippen LogP contribution in [-0.2, 0) is 4.79 Å². The van der Waals surface area contributed by atoms with Crippen molar-refractivity contribution in [1.29, 1.82) is 0 Å². The number of nitrogens with one attached hydrogen (secondary N) is 1. The Balaban J connectivity index is 1.80. The number of nitrogen functional groups attached to an aromatic ring is 1. The van der Waals surface area contributed by atoms with Crippen molar-refractivity contribution in [3.8, 4) is 0 Å². The predicted molar refractivity (Wildman–Crippen MR) is 103 cm³/mol. The largest absolute Gasteiger partial charge is 0.397 e. The van der Waals surface area contributed by atoms with Crippen molar-refractivity contribution in [1.82, 2.24) is 0 Å². The Bertz CT molecular complexity index is 962. The Hall–Kier alpha value is -2.15. The lowest BCUT2D eigenvalue weighted by Crippen LogP contribution is -2.22. The van der Waals surface area contributed by atoms with E-state index in [4.69, 9.17) is 17.3 Å². The normalized spacial score (nSPS) is 16.4. The number of hydrogen-bond acceptors (Lipinski definition) is 5. The highest BCUT2D eigenvalue weighted by Gasteiger charge is 2.34. The van der Waals surface area contributed by atoms with Crippen LogP contribution in [0.25, 0.3) is 0 Å². The van der Waals surface area contributed by atoms with Crippen molar-refractivity contribution in [2.24, 2.45) is 0 Å². The second kappa shape index (κ2) is 6.29. The van der Waals surface area contributed by atoms with Crippen molar-refractivity contribution in [2.45, 2.75) is 12.3 Å². The average Bonchev–Trinajstić information content (AvgIpc) is 3.23. The van der Waals surface area contributed by atoms with Gasteiger partial charge < -0.3 is 11.1 Å². The lowest BCUT2D eigenvalue weighted by atomic mass is 9.91. The van der Waals surface area contributed by atoms with Crippen LogP contribution in [0.5, 0.6) is 0 Å². The van der Waals surface area contributed by atoms with Crippen LogP contribution in [-0.4, -0.2) is 11.7 Å². The van der Waals surface area contributed by atoms with Gasteiger partial charge in [-0.25, -0.2) is 0 Å². The second-order valence-corrected chi connectivity index (χ2v) is 8.18.